The number of anilines is 1. The number of carbonyl (C=O) groups is 2. The van der Waals surface area contributed by atoms with Gasteiger partial charge in [-0.2, -0.15) is 0 Å². The van der Waals surface area contributed by atoms with Crippen LogP contribution in [-0.2, 0) is 9.59 Å². The molecule has 2 aromatic carbocycles. The van der Waals surface area contributed by atoms with Crippen LogP contribution in [0.1, 0.15) is 36.3 Å². The molecule has 4 rings (SSSR count). The fraction of sp³-hybridized carbons (Fsp3) is 0.360. The van der Waals surface area contributed by atoms with E-state index in [0.29, 0.717) is 19.5 Å². The van der Waals surface area contributed by atoms with E-state index < -0.39 is 0 Å². The molecular weight excluding hydrogens is 388 g/mol. The number of likely N-dealkylation sites (tertiary alicyclic amines) is 1. The van der Waals surface area contributed by atoms with Gasteiger partial charge in [-0.05, 0) is 42.2 Å². The zero-order valence-corrected chi connectivity index (χ0v) is 18.2. The number of benzene rings is 2. The van der Waals surface area contributed by atoms with Gasteiger partial charge in [0, 0.05) is 62.3 Å². The number of nitrogens with one attached hydrogen (secondary N) is 2. The Morgan fingerprint density at radius 3 is 2.65 bits per heavy atom. The molecule has 0 aliphatic carbocycles. The average Bonchev–Trinajstić information content (AvgIpc) is 3.20. The first-order valence-corrected chi connectivity index (χ1v) is 10.9. The minimum absolute atomic E-state index is 0.00775. The van der Waals surface area contributed by atoms with Crippen molar-refractivity contribution >= 4 is 28.4 Å². The number of hydrogen-bond donors (Lipinski definition) is 2. The van der Waals surface area contributed by atoms with E-state index in [1.807, 2.05) is 32.4 Å². The number of para-hydroxylation sites is 1. The summed E-state index contributed by atoms with van der Waals surface area (Å²) in [7, 11) is 4.04. The molecule has 0 bridgehead atoms. The third-order valence-electron chi connectivity index (χ3n) is 6.07. The van der Waals surface area contributed by atoms with Crippen LogP contribution in [0, 0.1) is 0 Å². The standard InChI is InChI=1S/C25H30N4O2/c1-28(2)19-12-10-18(11-13-19)21(22-16-26-23-8-4-3-7-20(22)23)15-27-24(30)17-29-14-6-5-9-25(29)31/h3-4,7-8,10-13,16,21,26H,5-6,9,14-15,17H2,1-2H3,(H,27,30). The number of nitrogens with zero attached hydrogens (tertiary/aromatic N) is 2. The van der Waals surface area contributed by atoms with Crippen molar-refractivity contribution in [2.45, 2.75) is 25.2 Å². The number of hydrogen-bond acceptors (Lipinski definition) is 3. The number of carbonyl (C=O) groups excluding carboxylic acids is 2. The summed E-state index contributed by atoms with van der Waals surface area (Å²) in [6.07, 6.45) is 4.47. The van der Waals surface area contributed by atoms with Gasteiger partial charge in [-0.3, -0.25) is 9.59 Å². The topological polar surface area (TPSA) is 68.4 Å². The normalized spacial score (nSPS) is 15.2. The molecule has 6 nitrogen and oxygen atoms in total. The molecule has 3 aromatic rings. The van der Waals surface area contributed by atoms with Gasteiger partial charge in [0.05, 0.1) is 6.54 Å². The van der Waals surface area contributed by atoms with Crippen molar-refractivity contribution in [3.05, 3.63) is 65.9 Å². The molecule has 2 heterocycles. The first-order chi connectivity index (χ1) is 15.0. The maximum absolute atomic E-state index is 12.6. The van der Waals surface area contributed by atoms with Gasteiger partial charge in [-0.15, -0.1) is 0 Å². The van der Waals surface area contributed by atoms with E-state index >= 15 is 0 Å². The number of aromatic nitrogens is 1. The minimum Gasteiger partial charge on any atom is -0.378 e. The van der Waals surface area contributed by atoms with Gasteiger partial charge in [-0.1, -0.05) is 30.3 Å². The van der Waals surface area contributed by atoms with E-state index in [-0.39, 0.29) is 24.3 Å². The van der Waals surface area contributed by atoms with Gasteiger partial charge in [0.15, 0.2) is 0 Å². The molecule has 1 aromatic heterocycles. The van der Waals surface area contributed by atoms with Crippen LogP contribution < -0.4 is 10.2 Å². The average molecular weight is 419 g/mol. The van der Waals surface area contributed by atoms with Crippen LogP contribution >= 0.6 is 0 Å². The monoisotopic (exact) mass is 418 g/mol. The molecule has 1 unspecified atom stereocenters. The Morgan fingerprint density at radius 2 is 1.90 bits per heavy atom. The highest BCUT2D eigenvalue weighted by Gasteiger charge is 2.23. The molecule has 0 spiro atoms. The molecule has 2 N–H and O–H groups in total. The van der Waals surface area contributed by atoms with E-state index in [4.69, 9.17) is 0 Å². The lowest BCUT2D eigenvalue weighted by atomic mass is 9.90. The highest BCUT2D eigenvalue weighted by molar-refractivity contribution is 5.86. The summed E-state index contributed by atoms with van der Waals surface area (Å²) in [4.78, 5) is 31.8. The first-order valence-electron chi connectivity index (χ1n) is 10.9. The van der Waals surface area contributed by atoms with Gasteiger partial charge >= 0.3 is 0 Å². The highest BCUT2D eigenvalue weighted by atomic mass is 16.2. The Labute approximate surface area is 183 Å². The molecule has 0 radical (unpaired) electrons. The van der Waals surface area contributed by atoms with Gasteiger partial charge < -0.3 is 20.1 Å². The number of H-pyrrole nitrogens is 1. The third kappa shape index (κ3) is 4.74. The van der Waals surface area contributed by atoms with Crippen molar-refractivity contribution in [2.75, 3.05) is 38.6 Å². The predicted molar refractivity (Wildman–Crippen MR) is 124 cm³/mol. The minimum atomic E-state index is -0.106. The Morgan fingerprint density at radius 1 is 1.13 bits per heavy atom. The molecule has 2 amide bonds. The zero-order chi connectivity index (χ0) is 21.8. The Hall–Kier alpha value is -3.28. The van der Waals surface area contributed by atoms with Gasteiger partial charge in [0.2, 0.25) is 11.8 Å². The Balaban J connectivity index is 1.55. The summed E-state index contributed by atoms with van der Waals surface area (Å²) < 4.78 is 0. The smallest absolute Gasteiger partial charge is 0.239 e. The van der Waals surface area contributed by atoms with Crippen molar-refractivity contribution in [1.29, 1.82) is 0 Å². The molecular formula is C25H30N4O2. The SMILES string of the molecule is CN(C)c1ccc(C(CNC(=O)CN2CCCCC2=O)c2c[nH]c3ccccc23)cc1. The van der Waals surface area contributed by atoms with Crippen LogP contribution in [0.25, 0.3) is 10.9 Å². The summed E-state index contributed by atoms with van der Waals surface area (Å²) in [5.74, 6) is -0.0211. The van der Waals surface area contributed by atoms with Gasteiger partial charge in [0.25, 0.3) is 0 Å². The molecule has 1 atom stereocenters. The quantitative estimate of drug-likeness (QED) is 0.617. The maximum Gasteiger partial charge on any atom is 0.239 e. The van der Waals surface area contributed by atoms with E-state index in [9.17, 15) is 9.59 Å². The number of rotatable bonds is 7. The molecule has 31 heavy (non-hydrogen) atoms. The van der Waals surface area contributed by atoms with E-state index in [1.165, 1.54) is 0 Å². The van der Waals surface area contributed by atoms with Crippen molar-refractivity contribution < 1.29 is 9.59 Å². The third-order valence-corrected chi connectivity index (χ3v) is 6.07. The van der Waals surface area contributed by atoms with Crippen LogP contribution in [0.15, 0.2) is 54.7 Å². The highest BCUT2D eigenvalue weighted by Crippen LogP contribution is 2.31. The maximum atomic E-state index is 12.6. The Bertz CT molecular complexity index is 1050. The molecule has 162 valence electrons. The summed E-state index contributed by atoms with van der Waals surface area (Å²) in [6.45, 7) is 1.28. The van der Waals surface area contributed by atoms with Gasteiger partial charge in [-0.25, -0.2) is 0 Å². The lowest BCUT2D eigenvalue weighted by Crippen LogP contribution is -2.43. The number of fused-ring (bicyclic) bond motifs is 1. The van der Waals surface area contributed by atoms with Crippen LogP contribution in [0.4, 0.5) is 5.69 Å². The van der Waals surface area contributed by atoms with Crippen LogP contribution in [-0.4, -0.2) is 55.4 Å². The van der Waals surface area contributed by atoms with E-state index in [0.717, 1.165) is 40.6 Å². The molecule has 0 saturated carbocycles. The number of amides is 2. The lowest BCUT2D eigenvalue weighted by Gasteiger charge is -2.26. The van der Waals surface area contributed by atoms with Gasteiger partial charge in [0.1, 0.15) is 0 Å². The molecule has 1 saturated heterocycles. The predicted octanol–water partition coefficient (Wildman–Crippen LogP) is 3.49. The van der Waals surface area contributed by atoms with Crippen molar-refractivity contribution in [2.24, 2.45) is 0 Å². The van der Waals surface area contributed by atoms with Crippen molar-refractivity contribution in [1.82, 2.24) is 15.2 Å². The fourth-order valence-corrected chi connectivity index (χ4v) is 4.27. The number of piperidine rings is 1. The van der Waals surface area contributed by atoms with Crippen LogP contribution in [0.3, 0.4) is 0 Å². The second kappa shape index (κ2) is 9.25. The van der Waals surface area contributed by atoms with Crippen molar-refractivity contribution in [3.8, 4) is 0 Å². The second-order valence-electron chi connectivity index (χ2n) is 8.40. The van der Waals surface area contributed by atoms with Crippen LogP contribution in [0.2, 0.25) is 0 Å². The lowest BCUT2D eigenvalue weighted by molar-refractivity contribution is -0.137. The summed E-state index contributed by atoms with van der Waals surface area (Å²) >= 11 is 0. The molecule has 6 heteroatoms. The summed E-state index contributed by atoms with van der Waals surface area (Å²) in [5.41, 5.74) is 4.51. The first kappa shape index (κ1) is 21.0. The molecule has 1 aliphatic rings. The summed E-state index contributed by atoms with van der Waals surface area (Å²) in [5, 5.41) is 4.24. The fourth-order valence-electron chi connectivity index (χ4n) is 4.27. The summed E-state index contributed by atoms with van der Waals surface area (Å²) in [6, 6.07) is 16.7. The van der Waals surface area contributed by atoms with Crippen molar-refractivity contribution in [3.63, 3.8) is 0 Å². The second-order valence-corrected chi connectivity index (χ2v) is 8.40. The Kier molecular flexibility index (Phi) is 6.26. The largest absolute Gasteiger partial charge is 0.378 e. The number of aromatic amines is 1. The molecule has 1 fully saturated rings. The van der Waals surface area contributed by atoms with E-state index in [2.05, 4.69) is 51.6 Å². The van der Waals surface area contributed by atoms with E-state index in [1.54, 1.807) is 4.90 Å². The zero-order valence-electron chi connectivity index (χ0n) is 18.2. The molecule has 1 aliphatic heterocycles. The van der Waals surface area contributed by atoms with Crippen LogP contribution in [0.5, 0.6) is 0 Å².